The zero-order valence-electron chi connectivity index (χ0n) is 10.7. The van der Waals surface area contributed by atoms with E-state index in [1.54, 1.807) is 0 Å². The van der Waals surface area contributed by atoms with Gasteiger partial charge >= 0.3 is 0 Å². The van der Waals surface area contributed by atoms with E-state index >= 15 is 0 Å². The van der Waals surface area contributed by atoms with E-state index in [0.29, 0.717) is 11.2 Å². The van der Waals surface area contributed by atoms with Gasteiger partial charge in [0.05, 0.1) is 0 Å². The number of anilines is 1. The van der Waals surface area contributed by atoms with Gasteiger partial charge in [-0.15, -0.1) is 0 Å². The molecule has 0 aliphatic carbocycles. The maximum atomic E-state index is 6.08. The number of rotatable bonds is 4. The second-order valence-electron chi connectivity index (χ2n) is 4.38. The minimum Gasteiger partial charge on any atom is -0.368 e. The van der Waals surface area contributed by atoms with E-state index < -0.39 is 0 Å². The Balaban J connectivity index is 2.32. The van der Waals surface area contributed by atoms with Crippen molar-refractivity contribution in [3.63, 3.8) is 0 Å². The first-order valence-corrected chi connectivity index (χ1v) is 6.56. The standard InChI is InChI=1S/C15H17ClN2/c1-3-11(2)17-15-10-13(9-14(16)18-15)12-7-5-4-6-8-12/h4-11H,3H2,1-2H3,(H,17,18). The van der Waals surface area contributed by atoms with Gasteiger partial charge in [-0.25, -0.2) is 4.98 Å². The molecule has 2 rings (SSSR count). The number of nitrogens with zero attached hydrogens (tertiary/aromatic N) is 1. The van der Waals surface area contributed by atoms with Gasteiger partial charge in [0.25, 0.3) is 0 Å². The van der Waals surface area contributed by atoms with Crippen LogP contribution in [-0.2, 0) is 0 Å². The normalized spacial score (nSPS) is 12.2. The Morgan fingerprint density at radius 1 is 1.17 bits per heavy atom. The van der Waals surface area contributed by atoms with Crippen molar-refractivity contribution >= 4 is 17.4 Å². The summed E-state index contributed by atoms with van der Waals surface area (Å²) in [5.41, 5.74) is 2.23. The summed E-state index contributed by atoms with van der Waals surface area (Å²) in [6.07, 6.45) is 1.05. The predicted molar refractivity (Wildman–Crippen MR) is 78.1 cm³/mol. The molecule has 1 atom stereocenters. The number of halogens is 1. The number of hydrogen-bond donors (Lipinski definition) is 1. The van der Waals surface area contributed by atoms with Crippen LogP contribution in [0, 0.1) is 0 Å². The second kappa shape index (κ2) is 5.87. The molecule has 0 aliphatic rings. The monoisotopic (exact) mass is 260 g/mol. The third-order valence-electron chi connectivity index (χ3n) is 2.91. The van der Waals surface area contributed by atoms with Crippen molar-refractivity contribution in [2.45, 2.75) is 26.3 Å². The van der Waals surface area contributed by atoms with E-state index in [1.807, 2.05) is 30.3 Å². The summed E-state index contributed by atoms with van der Waals surface area (Å²) in [6.45, 7) is 4.27. The summed E-state index contributed by atoms with van der Waals surface area (Å²) in [4.78, 5) is 4.30. The largest absolute Gasteiger partial charge is 0.368 e. The summed E-state index contributed by atoms with van der Waals surface area (Å²) in [7, 11) is 0. The highest BCUT2D eigenvalue weighted by atomic mass is 35.5. The lowest BCUT2D eigenvalue weighted by molar-refractivity contribution is 0.759. The van der Waals surface area contributed by atoms with Crippen molar-refractivity contribution in [3.8, 4) is 11.1 Å². The molecule has 3 heteroatoms. The van der Waals surface area contributed by atoms with Crippen LogP contribution < -0.4 is 5.32 Å². The van der Waals surface area contributed by atoms with E-state index in [0.717, 1.165) is 23.4 Å². The maximum absolute atomic E-state index is 6.08. The van der Waals surface area contributed by atoms with Gasteiger partial charge in [0.2, 0.25) is 0 Å². The molecule has 0 aliphatic heterocycles. The van der Waals surface area contributed by atoms with Crippen LogP contribution in [0.15, 0.2) is 42.5 Å². The number of nitrogens with one attached hydrogen (secondary N) is 1. The quantitative estimate of drug-likeness (QED) is 0.812. The van der Waals surface area contributed by atoms with Crippen molar-refractivity contribution in [2.75, 3.05) is 5.32 Å². The lowest BCUT2D eigenvalue weighted by Crippen LogP contribution is -2.14. The van der Waals surface area contributed by atoms with Crippen molar-refractivity contribution in [1.82, 2.24) is 4.98 Å². The molecule has 0 saturated heterocycles. The van der Waals surface area contributed by atoms with Crippen LogP contribution in [-0.4, -0.2) is 11.0 Å². The summed E-state index contributed by atoms with van der Waals surface area (Å²) in [5, 5.41) is 3.86. The average molecular weight is 261 g/mol. The molecule has 0 amide bonds. The van der Waals surface area contributed by atoms with Crippen LogP contribution in [0.3, 0.4) is 0 Å². The van der Waals surface area contributed by atoms with Crippen LogP contribution in [0.2, 0.25) is 5.15 Å². The third kappa shape index (κ3) is 3.23. The Morgan fingerprint density at radius 2 is 1.89 bits per heavy atom. The van der Waals surface area contributed by atoms with E-state index in [2.05, 4.69) is 36.3 Å². The number of hydrogen-bond acceptors (Lipinski definition) is 2. The van der Waals surface area contributed by atoms with Crippen molar-refractivity contribution in [1.29, 1.82) is 0 Å². The number of benzene rings is 1. The first-order valence-electron chi connectivity index (χ1n) is 6.18. The van der Waals surface area contributed by atoms with Crippen molar-refractivity contribution in [3.05, 3.63) is 47.6 Å². The minimum atomic E-state index is 0.389. The van der Waals surface area contributed by atoms with Crippen LogP contribution >= 0.6 is 11.6 Å². The molecule has 1 unspecified atom stereocenters. The molecule has 0 fully saturated rings. The molecule has 1 aromatic heterocycles. The molecule has 0 bridgehead atoms. The predicted octanol–water partition coefficient (Wildman–Crippen LogP) is 4.61. The number of aromatic nitrogens is 1. The van der Waals surface area contributed by atoms with Crippen LogP contribution in [0.1, 0.15) is 20.3 Å². The SMILES string of the molecule is CCC(C)Nc1cc(-c2ccccc2)cc(Cl)n1. The molecule has 94 valence electrons. The molecular formula is C15H17ClN2. The fourth-order valence-corrected chi connectivity index (χ4v) is 1.93. The van der Waals surface area contributed by atoms with Crippen molar-refractivity contribution < 1.29 is 0 Å². The summed E-state index contributed by atoms with van der Waals surface area (Å²) >= 11 is 6.08. The van der Waals surface area contributed by atoms with Crippen LogP contribution in [0.4, 0.5) is 5.82 Å². The lowest BCUT2D eigenvalue weighted by atomic mass is 10.1. The molecule has 2 nitrogen and oxygen atoms in total. The molecule has 1 aromatic carbocycles. The van der Waals surface area contributed by atoms with Gasteiger partial charge in [-0.2, -0.15) is 0 Å². The Labute approximate surface area is 113 Å². The van der Waals surface area contributed by atoms with Gasteiger partial charge in [0.1, 0.15) is 11.0 Å². The van der Waals surface area contributed by atoms with E-state index in [-0.39, 0.29) is 0 Å². The third-order valence-corrected chi connectivity index (χ3v) is 3.10. The molecule has 1 heterocycles. The molecule has 1 N–H and O–H groups in total. The summed E-state index contributed by atoms with van der Waals surface area (Å²) in [6, 6.07) is 14.5. The molecular weight excluding hydrogens is 244 g/mol. The Kier molecular flexibility index (Phi) is 4.21. The molecule has 18 heavy (non-hydrogen) atoms. The first kappa shape index (κ1) is 12.9. The second-order valence-corrected chi connectivity index (χ2v) is 4.77. The topological polar surface area (TPSA) is 24.9 Å². The Hall–Kier alpha value is -1.54. The average Bonchev–Trinajstić information content (AvgIpc) is 2.39. The van der Waals surface area contributed by atoms with E-state index in [9.17, 15) is 0 Å². The fraction of sp³-hybridized carbons (Fsp3) is 0.267. The zero-order chi connectivity index (χ0) is 13.0. The summed E-state index contributed by atoms with van der Waals surface area (Å²) in [5.74, 6) is 0.829. The molecule has 0 saturated carbocycles. The summed E-state index contributed by atoms with van der Waals surface area (Å²) < 4.78 is 0. The highest BCUT2D eigenvalue weighted by Gasteiger charge is 2.05. The van der Waals surface area contributed by atoms with E-state index in [4.69, 9.17) is 11.6 Å². The molecule has 0 spiro atoms. The van der Waals surface area contributed by atoms with Crippen molar-refractivity contribution in [2.24, 2.45) is 0 Å². The smallest absolute Gasteiger partial charge is 0.132 e. The van der Waals surface area contributed by atoms with Gasteiger partial charge in [-0.3, -0.25) is 0 Å². The van der Waals surface area contributed by atoms with Gasteiger partial charge < -0.3 is 5.32 Å². The lowest BCUT2D eigenvalue weighted by Gasteiger charge is -2.13. The highest BCUT2D eigenvalue weighted by Crippen LogP contribution is 2.25. The zero-order valence-corrected chi connectivity index (χ0v) is 11.4. The van der Waals surface area contributed by atoms with E-state index in [1.165, 1.54) is 0 Å². The van der Waals surface area contributed by atoms with Gasteiger partial charge in [0.15, 0.2) is 0 Å². The van der Waals surface area contributed by atoms with Gasteiger partial charge in [0, 0.05) is 6.04 Å². The number of pyridine rings is 1. The van der Waals surface area contributed by atoms with Gasteiger partial charge in [-0.05, 0) is 36.6 Å². The Bertz CT molecular complexity index is 511. The first-order chi connectivity index (χ1) is 8.69. The van der Waals surface area contributed by atoms with Crippen LogP contribution in [0.5, 0.6) is 0 Å². The molecule has 2 aromatic rings. The van der Waals surface area contributed by atoms with Gasteiger partial charge in [-0.1, -0.05) is 48.9 Å². The minimum absolute atomic E-state index is 0.389. The fourth-order valence-electron chi connectivity index (χ4n) is 1.72. The Morgan fingerprint density at radius 3 is 2.56 bits per heavy atom. The molecule has 0 radical (unpaired) electrons. The maximum Gasteiger partial charge on any atom is 0.132 e. The van der Waals surface area contributed by atoms with Crippen LogP contribution in [0.25, 0.3) is 11.1 Å². The highest BCUT2D eigenvalue weighted by molar-refractivity contribution is 6.29.